The number of rotatable bonds is 7. The number of carboxylic acids is 1. The van der Waals surface area contributed by atoms with Crippen molar-refractivity contribution < 1.29 is 24.2 Å². The summed E-state index contributed by atoms with van der Waals surface area (Å²) in [6, 6.07) is 4.96. The molecule has 0 saturated carbocycles. The highest BCUT2D eigenvalue weighted by atomic mass is 16.5. The van der Waals surface area contributed by atoms with Crippen molar-refractivity contribution in [1.29, 1.82) is 0 Å². The van der Waals surface area contributed by atoms with E-state index in [9.17, 15) is 9.59 Å². The molecule has 1 amide bonds. The standard InChI is InChI=1S/C15H19NO5/c1-4-16-15(19)10(2)21-13-9-12(20-3)7-5-11(13)6-8-14(17)18/h5-10H,4H2,1-3H3,(H,16,19)(H,17,18). The largest absolute Gasteiger partial charge is 0.497 e. The van der Waals surface area contributed by atoms with Gasteiger partial charge in [0, 0.05) is 24.3 Å². The van der Waals surface area contributed by atoms with Crippen LogP contribution in [0.3, 0.4) is 0 Å². The molecule has 0 aliphatic carbocycles. The number of amides is 1. The third-order valence-corrected chi connectivity index (χ3v) is 2.65. The smallest absolute Gasteiger partial charge is 0.328 e. The number of ether oxygens (including phenoxy) is 2. The van der Waals surface area contributed by atoms with Crippen LogP contribution >= 0.6 is 0 Å². The van der Waals surface area contributed by atoms with Crippen molar-refractivity contribution in [3.63, 3.8) is 0 Å². The number of carboxylic acid groups (broad SMARTS) is 1. The number of hydrogen-bond acceptors (Lipinski definition) is 4. The van der Waals surface area contributed by atoms with Gasteiger partial charge < -0.3 is 19.9 Å². The van der Waals surface area contributed by atoms with E-state index in [2.05, 4.69) is 5.32 Å². The molecule has 0 aromatic heterocycles. The maximum absolute atomic E-state index is 11.7. The van der Waals surface area contributed by atoms with E-state index in [-0.39, 0.29) is 5.91 Å². The van der Waals surface area contributed by atoms with Gasteiger partial charge in [0.25, 0.3) is 5.91 Å². The second-order valence-electron chi connectivity index (χ2n) is 4.23. The lowest BCUT2D eigenvalue weighted by molar-refractivity contribution is -0.131. The molecule has 21 heavy (non-hydrogen) atoms. The lowest BCUT2D eigenvalue weighted by Crippen LogP contribution is -2.36. The lowest BCUT2D eigenvalue weighted by Gasteiger charge is -2.16. The summed E-state index contributed by atoms with van der Waals surface area (Å²) in [4.78, 5) is 22.3. The van der Waals surface area contributed by atoms with Gasteiger partial charge in [0.05, 0.1) is 7.11 Å². The van der Waals surface area contributed by atoms with Crippen LogP contribution < -0.4 is 14.8 Å². The average Bonchev–Trinajstić information content (AvgIpc) is 2.45. The summed E-state index contributed by atoms with van der Waals surface area (Å²) >= 11 is 0. The first kappa shape index (κ1) is 16.6. The van der Waals surface area contributed by atoms with Gasteiger partial charge in [0.15, 0.2) is 6.10 Å². The van der Waals surface area contributed by atoms with E-state index in [0.29, 0.717) is 23.6 Å². The van der Waals surface area contributed by atoms with Crippen molar-refractivity contribution in [3.05, 3.63) is 29.8 Å². The SMILES string of the molecule is CCNC(=O)C(C)Oc1cc(OC)ccc1C=CC(=O)O. The zero-order chi connectivity index (χ0) is 15.8. The quantitative estimate of drug-likeness (QED) is 0.747. The van der Waals surface area contributed by atoms with Crippen LogP contribution in [0.5, 0.6) is 11.5 Å². The average molecular weight is 293 g/mol. The van der Waals surface area contributed by atoms with E-state index in [1.807, 2.05) is 6.92 Å². The van der Waals surface area contributed by atoms with Crippen molar-refractivity contribution in [2.24, 2.45) is 0 Å². The summed E-state index contributed by atoms with van der Waals surface area (Å²) in [6.45, 7) is 3.95. The van der Waals surface area contributed by atoms with Crippen LogP contribution in [0.15, 0.2) is 24.3 Å². The summed E-state index contributed by atoms with van der Waals surface area (Å²) < 4.78 is 10.7. The molecule has 0 fully saturated rings. The van der Waals surface area contributed by atoms with Crippen LogP contribution in [0.2, 0.25) is 0 Å². The second kappa shape index (κ2) is 7.94. The molecule has 1 atom stereocenters. The van der Waals surface area contributed by atoms with Crippen molar-refractivity contribution >= 4 is 18.0 Å². The number of carbonyl (C=O) groups excluding carboxylic acids is 1. The minimum absolute atomic E-state index is 0.242. The Balaban J connectivity index is 3.01. The first-order chi connectivity index (χ1) is 9.97. The molecule has 6 heteroatoms. The molecule has 0 spiro atoms. The van der Waals surface area contributed by atoms with E-state index in [1.165, 1.54) is 13.2 Å². The fourth-order valence-corrected chi connectivity index (χ4v) is 1.60. The molecule has 0 aliphatic heterocycles. The molecule has 0 radical (unpaired) electrons. The number of nitrogens with one attached hydrogen (secondary N) is 1. The molecule has 114 valence electrons. The summed E-state index contributed by atoms with van der Waals surface area (Å²) in [6.07, 6.45) is 1.71. The molecule has 0 heterocycles. The number of aliphatic carboxylic acids is 1. The van der Waals surface area contributed by atoms with E-state index < -0.39 is 12.1 Å². The Morgan fingerprint density at radius 3 is 2.71 bits per heavy atom. The van der Waals surface area contributed by atoms with E-state index >= 15 is 0 Å². The van der Waals surface area contributed by atoms with Crippen molar-refractivity contribution in [2.45, 2.75) is 20.0 Å². The van der Waals surface area contributed by atoms with Crippen LogP contribution in [0, 0.1) is 0 Å². The fourth-order valence-electron chi connectivity index (χ4n) is 1.60. The van der Waals surface area contributed by atoms with Gasteiger partial charge in [0.1, 0.15) is 11.5 Å². The minimum Gasteiger partial charge on any atom is -0.497 e. The first-order valence-electron chi connectivity index (χ1n) is 6.51. The van der Waals surface area contributed by atoms with Gasteiger partial charge in [-0.2, -0.15) is 0 Å². The molecular formula is C15H19NO5. The highest BCUT2D eigenvalue weighted by Gasteiger charge is 2.15. The van der Waals surface area contributed by atoms with Crippen LogP contribution in [0.1, 0.15) is 19.4 Å². The molecule has 1 unspecified atom stereocenters. The van der Waals surface area contributed by atoms with Crippen LogP contribution in [0.25, 0.3) is 6.08 Å². The Labute approximate surface area is 123 Å². The van der Waals surface area contributed by atoms with Crippen molar-refractivity contribution in [1.82, 2.24) is 5.32 Å². The summed E-state index contributed by atoms with van der Waals surface area (Å²) in [5.74, 6) is -0.367. The Hall–Kier alpha value is -2.50. The zero-order valence-electron chi connectivity index (χ0n) is 12.3. The molecule has 0 saturated heterocycles. The highest BCUT2D eigenvalue weighted by Crippen LogP contribution is 2.27. The molecule has 2 N–H and O–H groups in total. The topological polar surface area (TPSA) is 84.9 Å². The minimum atomic E-state index is -1.06. The third kappa shape index (κ3) is 5.18. The van der Waals surface area contributed by atoms with Crippen LogP contribution in [0.4, 0.5) is 0 Å². The number of likely N-dealkylation sites (N-methyl/N-ethyl adjacent to an activating group) is 1. The van der Waals surface area contributed by atoms with E-state index in [0.717, 1.165) is 6.08 Å². The van der Waals surface area contributed by atoms with Gasteiger partial charge in [-0.05, 0) is 32.1 Å². The molecule has 0 aliphatic rings. The van der Waals surface area contributed by atoms with Gasteiger partial charge >= 0.3 is 5.97 Å². The zero-order valence-corrected chi connectivity index (χ0v) is 12.3. The third-order valence-electron chi connectivity index (χ3n) is 2.65. The maximum atomic E-state index is 11.7. The Kier molecular flexibility index (Phi) is 6.26. The second-order valence-corrected chi connectivity index (χ2v) is 4.23. The molecule has 0 bridgehead atoms. The number of benzene rings is 1. The van der Waals surface area contributed by atoms with Crippen LogP contribution in [-0.4, -0.2) is 36.7 Å². The van der Waals surface area contributed by atoms with E-state index in [1.54, 1.807) is 25.1 Å². The van der Waals surface area contributed by atoms with Gasteiger partial charge in [-0.3, -0.25) is 4.79 Å². The van der Waals surface area contributed by atoms with Crippen LogP contribution in [-0.2, 0) is 9.59 Å². The molecular weight excluding hydrogens is 274 g/mol. The van der Waals surface area contributed by atoms with Gasteiger partial charge in [-0.15, -0.1) is 0 Å². The molecule has 6 nitrogen and oxygen atoms in total. The Morgan fingerprint density at radius 1 is 1.43 bits per heavy atom. The molecule has 1 rings (SSSR count). The summed E-state index contributed by atoms with van der Waals surface area (Å²) in [5, 5.41) is 11.3. The molecule has 1 aromatic rings. The van der Waals surface area contributed by atoms with Gasteiger partial charge in [0.2, 0.25) is 0 Å². The summed E-state index contributed by atoms with van der Waals surface area (Å²) in [7, 11) is 1.51. The number of carbonyl (C=O) groups is 2. The normalized spacial score (nSPS) is 12.0. The van der Waals surface area contributed by atoms with E-state index in [4.69, 9.17) is 14.6 Å². The van der Waals surface area contributed by atoms with Crippen molar-refractivity contribution in [3.8, 4) is 11.5 Å². The monoisotopic (exact) mass is 293 g/mol. The predicted octanol–water partition coefficient (Wildman–Crippen LogP) is 1.70. The maximum Gasteiger partial charge on any atom is 0.328 e. The number of hydrogen-bond donors (Lipinski definition) is 2. The predicted molar refractivity (Wildman–Crippen MR) is 78.4 cm³/mol. The Bertz CT molecular complexity index is 539. The van der Waals surface area contributed by atoms with Gasteiger partial charge in [-0.1, -0.05) is 0 Å². The highest BCUT2D eigenvalue weighted by molar-refractivity contribution is 5.86. The fraction of sp³-hybridized carbons (Fsp3) is 0.333. The Morgan fingerprint density at radius 2 is 2.14 bits per heavy atom. The van der Waals surface area contributed by atoms with Crippen molar-refractivity contribution in [2.75, 3.05) is 13.7 Å². The summed E-state index contributed by atoms with van der Waals surface area (Å²) in [5.41, 5.74) is 0.550. The molecule has 1 aromatic carbocycles. The van der Waals surface area contributed by atoms with Gasteiger partial charge in [-0.25, -0.2) is 4.79 Å². The lowest BCUT2D eigenvalue weighted by atomic mass is 10.1. The number of methoxy groups -OCH3 is 1. The first-order valence-corrected chi connectivity index (χ1v) is 6.51.